The second kappa shape index (κ2) is 9.88. The van der Waals surface area contributed by atoms with Crippen LogP contribution >= 0.6 is 11.8 Å². The zero-order valence-electron chi connectivity index (χ0n) is 12.0. The van der Waals surface area contributed by atoms with Gasteiger partial charge < -0.3 is 9.47 Å². The van der Waals surface area contributed by atoms with E-state index in [2.05, 4.69) is 11.9 Å². The van der Waals surface area contributed by atoms with Gasteiger partial charge in [0, 0.05) is 22.8 Å². The Labute approximate surface area is 128 Å². The van der Waals surface area contributed by atoms with Gasteiger partial charge in [0.05, 0.1) is 6.61 Å². The maximum atomic E-state index is 11.5. The molecule has 0 saturated heterocycles. The molecule has 0 atom stereocenters. The van der Waals surface area contributed by atoms with Crippen molar-refractivity contribution in [3.8, 4) is 0 Å². The first-order valence-electron chi connectivity index (χ1n) is 6.55. The molecule has 6 heteroatoms. The van der Waals surface area contributed by atoms with E-state index in [0.717, 1.165) is 0 Å². The first kappa shape index (κ1) is 17.1. The summed E-state index contributed by atoms with van der Waals surface area (Å²) in [6.07, 6.45) is -0.494. The number of amides is 1. The average Bonchev–Trinajstić information content (AvgIpc) is 2.48. The Morgan fingerprint density at radius 3 is 2.62 bits per heavy atom. The molecular weight excluding hydrogens is 290 g/mol. The summed E-state index contributed by atoms with van der Waals surface area (Å²) >= 11 is 1.46. The van der Waals surface area contributed by atoms with Crippen LogP contribution in [0.3, 0.4) is 0 Å². The van der Waals surface area contributed by atoms with Gasteiger partial charge in [-0.05, 0) is 19.1 Å². The molecule has 0 aliphatic carbocycles. The van der Waals surface area contributed by atoms with Crippen LogP contribution in [0.25, 0.3) is 0 Å². The van der Waals surface area contributed by atoms with Crippen LogP contribution in [-0.4, -0.2) is 36.8 Å². The number of hydrogen-bond acceptors (Lipinski definition) is 5. The minimum Gasteiger partial charge on any atom is -0.463 e. The minimum absolute atomic E-state index is 0.263. The van der Waals surface area contributed by atoms with Crippen molar-refractivity contribution < 1.29 is 19.1 Å². The number of ether oxygens (including phenoxy) is 2. The Balaban J connectivity index is 2.10. The molecule has 0 aromatic heterocycles. The lowest BCUT2D eigenvalue weighted by molar-refractivity contribution is -0.138. The van der Waals surface area contributed by atoms with Crippen molar-refractivity contribution in [2.45, 2.75) is 6.92 Å². The maximum absolute atomic E-state index is 11.5. The van der Waals surface area contributed by atoms with Gasteiger partial charge in [0.25, 0.3) is 0 Å². The van der Waals surface area contributed by atoms with Crippen molar-refractivity contribution in [1.82, 2.24) is 0 Å². The van der Waals surface area contributed by atoms with Gasteiger partial charge in [-0.15, -0.1) is 0 Å². The molecule has 0 spiro atoms. The molecule has 1 N–H and O–H groups in total. The molecule has 1 rings (SSSR count). The number of esters is 1. The number of nitrogens with one attached hydrogen (secondary N) is 1. The van der Waals surface area contributed by atoms with Crippen LogP contribution in [0, 0.1) is 0 Å². The van der Waals surface area contributed by atoms with E-state index in [1.54, 1.807) is 19.1 Å². The highest BCUT2D eigenvalue weighted by molar-refractivity contribution is 7.99. The summed E-state index contributed by atoms with van der Waals surface area (Å²) in [4.78, 5) is 22.8. The summed E-state index contributed by atoms with van der Waals surface area (Å²) < 4.78 is 9.84. The standard InChI is InChI=1S/C15H19NO4S/c1-3-19-14(17)12(2)11-21-10-9-20-15(18)16-13-7-5-4-6-8-13/h4-8H,2-3,9-11H2,1H3,(H,16,18). The number of para-hydroxylation sites is 1. The first-order chi connectivity index (χ1) is 10.1. The second-order valence-corrected chi connectivity index (χ2v) is 5.11. The fourth-order valence-corrected chi connectivity index (χ4v) is 2.07. The molecule has 21 heavy (non-hydrogen) atoms. The van der Waals surface area contributed by atoms with E-state index in [1.165, 1.54) is 11.8 Å². The van der Waals surface area contributed by atoms with Gasteiger partial charge in [-0.25, -0.2) is 9.59 Å². The van der Waals surface area contributed by atoms with E-state index in [1.807, 2.05) is 18.2 Å². The molecule has 0 radical (unpaired) electrons. The van der Waals surface area contributed by atoms with Crippen LogP contribution in [0.15, 0.2) is 42.5 Å². The van der Waals surface area contributed by atoms with Gasteiger partial charge in [0.1, 0.15) is 6.61 Å². The van der Waals surface area contributed by atoms with E-state index in [4.69, 9.17) is 9.47 Å². The third-order valence-electron chi connectivity index (χ3n) is 2.32. The third-order valence-corrected chi connectivity index (χ3v) is 3.33. The lowest BCUT2D eigenvalue weighted by atomic mass is 10.3. The van der Waals surface area contributed by atoms with Gasteiger partial charge in [-0.3, -0.25) is 5.32 Å². The smallest absolute Gasteiger partial charge is 0.411 e. The molecule has 0 saturated carbocycles. The highest BCUT2D eigenvalue weighted by Gasteiger charge is 2.07. The van der Waals surface area contributed by atoms with Gasteiger partial charge in [0.15, 0.2) is 0 Å². The summed E-state index contributed by atoms with van der Waals surface area (Å²) in [6.45, 7) is 6.00. The summed E-state index contributed by atoms with van der Waals surface area (Å²) in [7, 11) is 0. The predicted molar refractivity (Wildman–Crippen MR) is 84.5 cm³/mol. The number of rotatable bonds is 8. The van der Waals surface area contributed by atoms with Crippen molar-refractivity contribution in [3.63, 3.8) is 0 Å². The van der Waals surface area contributed by atoms with Crippen LogP contribution < -0.4 is 5.32 Å². The molecule has 0 aliphatic heterocycles. The van der Waals surface area contributed by atoms with Crippen LogP contribution in [0.5, 0.6) is 0 Å². The van der Waals surface area contributed by atoms with E-state index >= 15 is 0 Å². The Bertz CT molecular complexity index is 476. The molecule has 0 fully saturated rings. The number of anilines is 1. The summed E-state index contributed by atoms with van der Waals surface area (Å²) in [5, 5.41) is 2.61. The van der Waals surface area contributed by atoms with Crippen molar-refractivity contribution >= 4 is 29.5 Å². The van der Waals surface area contributed by atoms with Crippen molar-refractivity contribution in [3.05, 3.63) is 42.5 Å². The van der Waals surface area contributed by atoms with Crippen molar-refractivity contribution in [2.24, 2.45) is 0 Å². The number of thioether (sulfide) groups is 1. The largest absolute Gasteiger partial charge is 0.463 e. The Morgan fingerprint density at radius 2 is 1.95 bits per heavy atom. The zero-order valence-corrected chi connectivity index (χ0v) is 12.8. The quantitative estimate of drug-likeness (QED) is 0.454. The van der Waals surface area contributed by atoms with Gasteiger partial charge >= 0.3 is 12.1 Å². The monoisotopic (exact) mass is 309 g/mol. The molecular formula is C15H19NO4S. The normalized spacial score (nSPS) is 9.76. The molecule has 5 nitrogen and oxygen atoms in total. The topological polar surface area (TPSA) is 64.6 Å². The molecule has 0 heterocycles. The highest BCUT2D eigenvalue weighted by atomic mass is 32.2. The Kier molecular flexibility index (Phi) is 8.04. The lowest BCUT2D eigenvalue weighted by Crippen LogP contribution is -2.15. The van der Waals surface area contributed by atoms with Crippen molar-refractivity contribution in [1.29, 1.82) is 0 Å². The van der Waals surface area contributed by atoms with Gasteiger partial charge in [-0.1, -0.05) is 24.8 Å². The van der Waals surface area contributed by atoms with E-state index in [0.29, 0.717) is 29.4 Å². The molecule has 114 valence electrons. The van der Waals surface area contributed by atoms with Crippen LogP contribution in [-0.2, 0) is 14.3 Å². The first-order valence-corrected chi connectivity index (χ1v) is 7.70. The number of carbonyl (C=O) groups is 2. The van der Waals surface area contributed by atoms with E-state index in [-0.39, 0.29) is 12.6 Å². The Hall–Kier alpha value is -1.95. The molecule has 1 aromatic carbocycles. The molecule has 1 amide bonds. The zero-order chi connectivity index (χ0) is 15.5. The number of carbonyl (C=O) groups excluding carboxylic acids is 2. The number of hydrogen-bond donors (Lipinski definition) is 1. The van der Waals surface area contributed by atoms with Crippen LogP contribution in [0.2, 0.25) is 0 Å². The lowest BCUT2D eigenvalue weighted by Gasteiger charge is -2.07. The SMILES string of the molecule is C=C(CSCCOC(=O)Nc1ccccc1)C(=O)OCC. The minimum atomic E-state index is -0.494. The maximum Gasteiger partial charge on any atom is 0.411 e. The molecule has 1 aromatic rings. The van der Waals surface area contributed by atoms with Crippen LogP contribution in [0.4, 0.5) is 10.5 Å². The highest BCUT2D eigenvalue weighted by Crippen LogP contribution is 2.09. The van der Waals surface area contributed by atoms with E-state index < -0.39 is 6.09 Å². The summed E-state index contributed by atoms with van der Waals surface area (Å²) in [6, 6.07) is 9.07. The second-order valence-electron chi connectivity index (χ2n) is 4.00. The molecule has 0 unspecified atom stereocenters. The summed E-state index contributed by atoms with van der Waals surface area (Å²) in [5.74, 6) is 0.663. The average molecular weight is 309 g/mol. The number of benzene rings is 1. The molecule has 0 aliphatic rings. The van der Waals surface area contributed by atoms with Gasteiger partial charge in [0.2, 0.25) is 0 Å². The fourth-order valence-electron chi connectivity index (χ4n) is 1.36. The Morgan fingerprint density at radius 1 is 1.24 bits per heavy atom. The van der Waals surface area contributed by atoms with Crippen LogP contribution in [0.1, 0.15) is 6.92 Å². The van der Waals surface area contributed by atoms with E-state index in [9.17, 15) is 9.59 Å². The fraction of sp³-hybridized carbons (Fsp3) is 0.333. The van der Waals surface area contributed by atoms with Crippen molar-refractivity contribution in [2.75, 3.05) is 30.0 Å². The van der Waals surface area contributed by atoms with Gasteiger partial charge in [-0.2, -0.15) is 11.8 Å². The predicted octanol–water partition coefficient (Wildman–Crippen LogP) is 3.09. The molecule has 0 bridgehead atoms. The third kappa shape index (κ3) is 7.41. The summed E-state index contributed by atoms with van der Waals surface area (Å²) in [5.41, 5.74) is 1.10.